The molecule has 0 aliphatic carbocycles. The lowest BCUT2D eigenvalue weighted by molar-refractivity contribution is -0.137. The Hall–Kier alpha value is -0.710. The van der Waals surface area contributed by atoms with Crippen LogP contribution in [0.3, 0.4) is 0 Å². The van der Waals surface area contributed by atoms with Gasteiger partial charge in [0.25, 0.3) is 0 Å². The lowest BCUT2D eigenvalue weighted by Gasteiger charge is -2.14. The molecular weight excluding hydrogens is 178 g/mol. The van der Waals surface area contributed by atoms with Gasteiger partial charge in [-0.2, -0.15) is 11.8 Å². The molecule has 0 heterocycles. The number of amides is 1. The molecule has 70 valence electrons. The van der Waals surface area contributed by atoms with Gasteiger partial charge in [0.2, 0.25) is 5.91 Å². The van der Waals surface area contributed by atoms with Crippen molar-refractivity contribution in [1.29, 1.82) is 0 Å². The fraction of sp³-hybridized carbons (Fsp3) is 0.714. The molecule has 0 spiro atoms. The van der Waals surface area contributed by atoms with Crippen LogP contribution in [-0.2, 0) is 9.59 Å². The van der Waals surface area contributed by atoms with Gasteiger partial charge >= 0.3 is 5.97 Å². The summed E-state index contributed by atoms with van der Waals surface area (Å²) in [6.45, 7) is 0.286. The zero-order chi connectivity index (χ0) is 9.56. The number of carboxylic acid groups (broad SMARTS) is 1. The van der Waals surface area contributed by atoms with E-state index in [-0.39, 0.29) is 18.9 Å². The maximum Gasteiger partial charge on any atom is 0.305 e. The number of hydrogen-bond acceptors (Lipinski definition) is 3. The Morgan fingerprint density at radius 2 is 2.08 bits per heavy atom. The van der Waals surface area contributed by atoms with Gasteiger partial charge < -0.3 is 10.0 Å². The molecule has 0 radical (unpaired) electrons. The average molecular weight is 191 g/mol. The molecule has 0 atom stereocenters. The van der Waals surface area contributed by atoms with E-state index in [0.29, 0.717) is 5.75 Å². The van der Waals surface area contributed by atoms with Crippen LogP contribution in [0.4, 0.5) is 0 Å². The van der Waals surface area contributed by atoms with E-state index in [4.69, 9.17) is 5.11 Å². The molecule has 0 saturated heterocycles. The quantitative estimate of drug-likeness (QED) is 0.678. The molecule has 0 aliphatic heterocycles. The van der Waals surface area contributed by atoms with Gasteiger partial charge in [-0.05, 0) is 6.26 Å². The summed E-state index contributed by atoms with van der Waals surface area (Å²) < 4.78 is 0. The monoisotopic (exact) mass is 191 g/mol. The molecule has 1 amide bonds. The Morgan fingerprint density at radius 3 is 2.50 bits per heavy atom. The van der Waals surface area contributed by atoms with Crippen LogP contribution in [0.5, 0.6) is 0 Å². The Bertz CT molecular complexity index is 172. The van der Waals surface area contributed by atoms with Gasteiger partial charge in [0.15, 0.2) is 0 Å². The van der Waals surface area contributed by atoms with Gasteiger partial charge in [0.05, 0.1) is 12.2 Å². The molecule has 1 N–H and O–H groups in total. The first-order valence-electron chi connectivity index (χ1n) is 3.52. The molecule has 0 rings (SSSR count). The van der Waals surface area contributed by atoms with Crippen molar-refractivity contribution in [1.82, 2.24) is 4.90 Å². The second-order valence-corrected chi connectivity index (χ2v) is 3.26. The van der Waals surface area contributed by atoms with Crippen molar-refractivity contribution in [2.45, 2.75) is 6.42 Å². The summed E-state index contributed by atoms with van der Waals surface area (Å²) in [6, 6.07) is 0. The smallest absolute Gasteiger partial charge is 0.305 e. The summed E-state index contributed by atoms with van der Waals surface area (Å²) in [5.74, 6) is -0.488. The second kappa shape index (κ2) is 5.88. The predicted molar refractivity (Wildman–Crippen MR) is 48.3 cm³/mol. The van der Waals surface area contributed by atoms with Crippen molar-refractivity contribution >= 4 is 23.6 Å². The number of carbonyl (C=O) groups is 2. The van der Waals surface area contributed by atoms with E-state index in [0.717, 1.165) is 0 Å². The number of carboxylic acids is 1. The predicted octanol–water partition coefficient (Wildman–Crippen LogP) is 0.283. The Labute approximate surface area is 75.9 Å². The van der Waals surface area contributed by atoms with E-state index in [2.05, 4.69) is 0 Å². The number of thioether (sulfide) groups is 1. The first-order chi connectivity index (χ1) is 5.57. The van der Waals surface area contributed by atoms with Crippen molar-refractivity contribution in [2.75, 3.05) is 25.6 Å². The highest BCUT2D eigenvalue weighted by atomic mass is 32.2. The fourth-order valence-electron chi connectivity index (χ4n) is 0.622. The van der Waals surface area contributed by atoms with E-state index in [1.54, 1.807) is 7.05 Å². The summed E-state index contributed by atoms with van der Waals surface area (Å²) in [4.78, 5) is 22.6. The molecule has 0 aliphatic rings. The Balaban J connectivity index is 3.63. The summed E-state index contributed by atoms with van der Waals surface area (Å²) in [5.41, 5.74) is 0. The number of rotatable bonds is 5. The molecule has 0 aromatic carbocycles. The van der Waals surface area contributed by atoms with Gasteiger partial charge in [-0.3, -0.25) is 9.59 Å². The highest BCUT2D eigenvalue weighted by molar-refractivity contribution is 7.99. The molecule has 0 unspecified atom stereocenters. The first-order valence-corrected chi connectivity index (χ1v) is 4.92. The number of carbonyl (C=O) groups excluding carboxylic acids is 1. The van der Waals surface area contributed by atoms with E-state index in [9.17, 15) is 9.59 Å². The third kappa shape index (κ3) is 5.01. The van der Waals surface area contributed by atoms with Crippen LogP contribution in [-0.4, -0.2) is 47.5 Å². The number of hydrogen-bond donors (Lipinski definition) is 1. The largest absolute Gasteiger partial charge is 0.481 e. The third-order valence-electron chi connectivity index (χ3n) is 1.35. The van der Waals surface area contributed by atoms with Crippen molar-refractivity contribution in [3.05, 3.63) is 0 Å². The molecule has 5 heteroatoms. The lowest BCUT2D eigenvalue weighted by Crippen LogP contribution is -2.30. The van der Waals surface area contributed by atoms with Crippen molar-refractivity contribution in [3.63, 3.8) is 0 Å². The maximum atomic E-state index is 11.1. The van der Waals surface area contributed by atoms with Gasteiger partial charge in [0, 0.05) is 13.6 Å². The molecule has 12 heavy (non-hydrogen) atoms. The molecule has 0 saturated carbocycles. The van der Waals surface area contributed by atoms with Crippen LogP contribution < -0.4 is 0 Å². The average Bonchev–Trinajstić information content (AvgIpc) is 2.00. The van der Waals surface area contributed by atoms with Crippen LogP contribution in [0.2, 0.25) is 0 Å². The van der Waals surface area contributed by atoms with Crippen molar-refractivity contribution in [2.24, 2.45) is 0 Å². The highest BCUT2D eigenvalue weighted by Crippen LogP contribution is 1.96. The second-order valence-electron chi connectivity index (χ2n) is 2.39. The van der Waals surface area contributed by atoms with Crippen LogP contribution in [0.1, 0.15) is 6.42 Å². The molecular formula is C7H13NO3S. The topological polar surface area (TPSA) is 57.6 Å². The van der Waals surface area contributed by atoms with Crippen molar-refractivity contribution in [3.8, 4) is 0 Å². The molecule has 4 nitrogen and oxygen atoms in total. The molecule has 0 aromatic heterocycles. The van der Waals surface area contributed by atoms with Gasteiger partial charge in [-0.15, -0.1) is 0 Å². The molecule has 0 aromatic rings. The van der Waals surface area contributed by atoms with Crippen LogP contribution >= 0.6 is 11.8 Å². The van der Waals surface area contributed by atoms with E-state index < -0.39 is 5.97 Å². The summed E-state index contributed by atoms with van der Waals surface area (Å²) in [7, 11) is 1.61. The SMILES string of the molecule is CSCC(=O)N(C)CCC(=O)O. The fourth-order valence-corrected chi connectivity index (χ4v) is 1.09. The Morgan fingerprint density at radius 1 is 1.50 bits per heavy atom. The van der Waals surface area contributed by atoms with Crippen LogP contribution in [0.15, 0.2) is 0 Å². The molecule has 0 bridgehead atoms. The minimum Gasteiger partial charge on any atom is -0.481 e. The normalized spacial score (nSPS) is 9.50. The standard InChI is InChI=1S/C7H13NO3S/c1-8(4-3-7(10)11)6(9)5-12-2/h3-5H2,1-2H3,(H,10,11). The number of nitrogens with zero attached hydrogens (tertiary/aromatic N) is 1. The zero-order valence-electron chi connectivity index (χ0n) is 7.24. The minimum absolute atomic E-state index is 0.0105. The molecule has 0 fully saturated rings. The summed E-state index contributed by atoms with van der Waals surface area (Å²) >= 11 is 1.43. The van der Waals surface area contributed by atoms with Crippen LogP contribution in [0, 0.1) is 0 Å². The maximum absolute atomic E-state index is 11.1. The van der Waals surface area contributed by atoms with Gasteiger partial charge in [0.1, 0.15) is 0 Å². The Kier molecular flexibility index (Phi) is 5.53. The summed E-state index contributed by atoms with van der Waals surface area (Å²) in [6.07, 6.45) is 1.85. The lowest BCUT2D eigenvalue weighted by atomic mass is 10.4. The highest BCUT2D eigenvalue weighted by Gasteiger charge is 2.08. The van der Waals surface area contributed by atoms with Gasteiger partial charge in [-0.25, -0.2) is 0 Å². The summed E-state index contributed by atoms with van der Waals surface area (Å²) in [5, 5.41) is 8.33. The van der Waals surface area contributed by atoms with E-state index >= 15 is 0 Å². The van der Waals surface area contributed by atoms with E-state index in [1.165, 1.54) is 16.7 Å². The minimum atomic E-state index is -0.876. The van der Waals surface area contributed by atoms with Crippen molar-refractivity contribution < 1.29 is 14.7 Å². The van der Waals surface area contributed by atoms with Crippen LogP contribution in [0.25, 0.3) is 0 Å². The van der Waals surface area contributed by atoms with Gasteiger partial charge in [-0.1, -0.05) is 0 Å². The third-order valence-corrected chi connectivity index (χ3v) is 1.89. The zero-order valence-corrected chi connectivity index (χ0v) is 8.06. The van der Waals surface area contributed by atoms with E-state index in [1.807, 2.05) is 6.26 Å². The number of aliphatic carboxylic acids is 1. The first kappa shape index (κ1) is 11.3.